The van der Waals surface area contributed by atoms with Crippen molar-refractivity contribution in [3.8, 4) is 5.75 Å². The Morgan fingerprint density at radius 3 is 2.52 bits per heavy atom. The molecular weight excluding hydrogens is 376 g/mol. The maximum absolute atomic E-state index is 11.2. The van der Waals surface area contributed by atoms with Gasteiger partial charge in [0, 0.05) is 25.9 Å². The molecule has 0 amide bonds. The molecule has 29 heavy (non-hydrogen) atoms. The van der Waals surface area contributed by atoms with Crippen molar-refractivity contribution in [3.05, 3.63) is 29.8 Å². The molecule has 7 nitrogen and oxygen atoms in total. The highest BCUT2D eigenvalue weighted by Crippen LogP contribution is 2.36. The number of hydrogen-bond acceptors (Lipinski definition) is 7. The lowest BCUT2D eigenvalue weighted by Crippen LogP contribution is -2.35. The molecule has 1 aromatic carbocycles. The summed E-state index contributed by atoms with van der Waals surface area (Å²) in [6.45, 7) is 5.26. The lowest BCUT2D eigenvalue weighted by Gasteiger charge is -2.24. The summed E-state index contributed by atoms with van der Waals surface area (Å²) >= 11 is 0. The molecule has 162 valence electrons. The molecule has 2 saturated heterocycles. The van der Waals surface area contributed by atoms with Crippen LogP contribution in [0.2, 0.25) is 0 Å². The van der Waals surface area contributed by atoms with Crippen molar-refractivity contribution in [3.63, 3.8) is 0 Å². The largest absolute Gasteiger partial charge is 0.497 e. The summed E-state index contributed by atoms with van der Waals surface area (Å²) in [5.74, 6) is 0.214. The van der Waals surface area contributed by atoms with Gasteiger partial charge in [0.2, 0.25) is 0 Å². The van der Waals surface area contributed by atoms with E-state index in [1.165, 1.54) is 0 Å². The zero-order valence-corrected chi connectivity index (χ0v) is 17.7. The van der Waals surface area contributed by atoms with Gasteiger partial charge in [-0.1, -0.05) is 12.1 Å². The summed E-state index contributed by atoms with van der Waals surface area (Å²) in [5.41, 5.74) is 1.06. The van der Waals surface area contributed by atoms with E-state index in [4.69, 9.17) is 28.4 Å². The van der Waals surface area contributed by atoms with Gasteiger partial charge in [-0.15, -0.1) is 0 Å². The van der Waals surface area contributed by atoms with E-state index in [1.54, 1.807) is 14.2 Å². The zero-order chi connectivity index (χ0) is 20.9. The van der Waals surface area contributed by atoms with Crippen molar-refractivity contribution in [2.24, 2.45) is 5.92 Å². The average Bonchev–Trinajstić information content (AvgIpc) is 3.21. The Balaban J connectivity index is 1.57. The molecule has 1 aromatic rings. The van der Waals surface area contributed by atoms with Crippen LogP contribution in [0, 0.1) is 5.92 Å². The molecule has 2 aliphatic rings. The van der Waals surface area contributed by atoms with E-state index < -0.39 is 5.79 Å². The Labute approximate surface area is 172 Å². The summed E-state index contributed by atoms with van der Waals surface area (Å²) < 4.78 is 34.7. The van der Waals surface area contributed by atoms with Gasteiger partial charge in [0.15, 0.2) is 5.79 Å². The van der Waals surface area contributed by atoms with Crippen molar-refractivity contribution in [1.29, 1.82) is 0 Å². The van der Waals surface area contributed by atoms with Crippen LogP contribution in [0.15, 0.2) is 24.3 Å². The molecule has 2 fully saturated rings. The first-order chi connectivity index (χ1) is 14.0. The van der Waals surface area contributed by atoms with Gasteiger partial charge < -0.3 is 33.2 Å². The molecule has 5 atom stereocenters. The maximum Gasteiger partial charge on any atom is 0.163 e. The van der Waals surface area contributed by atoms with Crippen LogP contribution >= 0.6 is 0 Å². The van der Waals surface area contributed by atoms with Crippen LogP contribution < -0.4 is 4.74 Å². The number of aldehydes is 1. The van der Waals surface area contributed by atoms with Crippen LogP contribution in [-0.2, 0) is 35.1 Å². The summed E-state index contributed by atoms with van der Waals surface area (Å²) in [4.78, 5) is 11.2. The van der Waals surface area contributed by atoms with E-state index in [9.17, 15) is 4.79 Å². The fourth-order valence-electron chi connectivity index (χ4n) is 4.11. The second kappa shape index (κ2) is 10.00. The first kappa shape index (κ1) is 22.2. The normalized spacial score (nSPS) is 31.1. The molecule has 0 N–H and O–H groups in total. The first-order valence-corrected chi connectivity index (χ1v) is 10.1. The summed E-state index contributed by atoms with van der Waals surface area (Å²) in [6, 6.07) is 7.77. The SMILES string of the molecule is COc1ccc(COC[C@@H]2[C@@H](OC)[C@@H](C[C@H]3COC(C)(C)O3)O[C@H]2CC=O)cc1. The molecular formula is C22H32O7. The number of methoxy groups -OCH3 is 2. The highest BCUT2D eigenvalue weighted by molar-refractivity contribution is 5.50. The van der Waals surface area contributed by atoms with Gasteiger partial charge in [-0.2, -0.15) is 0 Å². The van der Waals surface area contributed by atoms with Crippen LogP contribution in [-0.4, -0.2) is 63.9 Å². The predicted octanol–water partition coefficient (Wildman–Crippen LogP) is 2.74. The van der Waals surface area contributed by atoms with Crippen LogP contribution in [0.25, 0.3) is 0 Å². The van der Waals surface area contributed by atoms with Gasteiger partial charge in [0.25, 0.3) is 0 Å². The molecule has 0 aromatic heterocycles. The third-order valence-electron chi connectivity index (χ3n) is 5.52. The Bertz CT molecular complexity index is 645. The van der Waals surface area contributed by atoms with E-state index in [-0.39, 0.29) is 30.3 Å². The number of carbonyl (C=O) groups excluding carboxylic acids is 1. The molecule has 2 heterocycles. The molecule has 2 aliphatic heterocycles. The zero-order valence-electron chi connectivity index (χ0n) is 17.7. The standard InChI is InChI=1S/C22H32O7/c1-22(2)27-13-17(29-22)11-20-21(25-4)18(19(28-20)9-10-23)14-26-12-15-5-7-16(24-3)8-6-15/h5-8,10,17-21H,9,11-14H2,1-4H3/t17-,18-,19-,20+,21+/m0/s1. The van der Waals surface area contributed by atoms with Crippen LogP contribution in [0.4, 0.5) is 0 Å². The number of hydrogen-bond donors (Lipinski definition) is 0. The highest BCUT2D eigenvalue weighted by Gasteiger charge is 2.46. The molecule has 0 saturated carbocycles. The Morgan fingerprint density at radius 2 is 1.93 bits per heavy atom. The topological polar surface area (TPSA) is 72.5 Å². The first-order valence-electron chi connectivity index (χ1n) is 10.1. The van der Waals surface area contributed by atoms with Crippen molar-refractivity contribution in [2.45, 2.75) is 63.5 Å². The van der Waals surface area contributed by atoms with Gasteiger partial charge in [0.1, 0.15) is 12.0 Å². The van der Waals surface area contributed by atoms with E-state index in [0.29, 0.717) is 32.7 Å². The average molecular weight is 408 g/mol. The number of rotatable bonds is 10. The lowest BCUT2D eigenvalue weighted by molar-refractivity contribution is -0.144. The minimum Gasteiger partial charge on any atom is -0.497 e. The quantitative estimate of drug-likeness (QED) is 0.551. The Hall–Kier alpha value is -1.51. The Kier molecular flexibility index (Phi) is 7.65. The maximum atomic E-state index is 11.2. The third kappa shape index (κ3) is 5.77. The summed E-state index contributed by atoms with van der Waals surface area (Å²) in [7, 11) is 3.32. The number of carbonyl (C=O) groups is 1. The van der Waals surface area contributed by atoms with Crippen LogP contribution in [0.1, 0.15) is 32.3 Å². The van der Waals surface area contributed by atoms with Gasteiger partial charge in [-0.25, -0.2) is 0 Å². The van der Waals surface area contributed by atoms with E-state index in [0.717, 1.165) is 17.6 Å². The number of benzene rings is 1. The van der Waals surface area contributed by atoms with E-state index >= 15 is 0 Å². The van der Waals surface area contributed by atoms with Crippen molar-refractivity contribution >= 4 is 6.29 Å². The summed E-state index contributed by atoms with van der Waals surface area (Å²) in [6.07, 6.45) is 1.27. The predicted molar refractivity (Wildman–Crippen MR) is 106 cm³/mol. The van der Waals surface area contributed by atoms with Gasteiger partial charge >= 0.3 is 0 Å². The van der Waals surface area contributed by atoms with Gasteiger partial charge in [-0.05, 0) is 31.5 Å². The number of ether oxygens (including phenoxy) is 6. The molecule has 0 spiro atoms. The minimum atomic E-state index is -0.574. The smallest absolute Gasteiger partial charge is 0.163 e. The molecule has 3 rings (SSSR count). The minimum absolute atomic E-state index is 0.0243. The van der Waals surface area contributed by atoms with Crippen molar-refractivity contribution < 1.29 is 33.2 Å². The van der Waals surface area contributed by atoms with E-state index in [2.05, 4.69) is 0 Å². The van der Waals surface area contributed by atoms with Crippen LogP contribution in [0.5, 0.6) is 5.75 Å². The Morgan fingerprint density at radius 1 is 1.17 bits per heavy atom. The monoisotopic (exact) mass is 408 g/mol. The molecule has 7 heteroatoms. The fourth-order valence-corrected chi connectivity index (χ4v) is 4.11. The third-order valence-corrected chi connectivity index (χ3v) is 5.52. The fraction of sp³-hybridized carbons (Fsp3) is 0.682. The molecule has 0 radical (unpaired) electrons. The van der Waals surface area contributed by atoms with Crippen molar-refractivity contribution in [2.75, 3.05) is 27.4 Å². The molecule has 0 aliphatic carbocycles. The second-order valence-electron chi connectivity index (χ2n) is 8.03. The second-order valence-corrected chi connectivity index (χ2v) is 8.03. The highest BCUT2D eigenvalue weighted by atomic mass is 16.7. The van der Waals surface area contributed by atoms with E-state index in [1.807, 2.05) is 38.1 Å². The van der Waals surface area contributed by atoms with Gasteiger partial charge in [0.05, 0.1) is 51.3 Å². The lowest BCUT2D eigenvalue weighted by atomic mass is 9.93. The summed E-state index contributed by atoms with van der Waals surface area (Å²) in [5, 5.41) is 0. The van der Waals surface area contributed by atoms with Crippen molar-refractivity contribution in [1.82, 2.24) is 0 Å². The molecule has 0 unspecified atom stereocenters. The molecule has 0 bridgehead atoms. The van der Waals surface area contributed by atoms with Gasteiger partial charge in [-0.3, -0.25) is 0 Å². The van der Waals surface area contributed by atoms with Crippen LogP contribution in [0.3, 0.4) is 0 Å².